The van der Waals surface area contributed by atoms with Gasteiger partial charge in [-0.15, -0.1) is 0 Å². The van der Waals surface area contributed by atoms with Gasteiger partial charge in [0.2, 0.25) is 0 Å². The molecule has 0 bridgehead atoms. The number of hydrogen-bond acceptors (Lipinski definition) is 4. The van der Waals surface area contributed by atoms with Crippen LogP contribution in [0.2, 0.25) is 0 Å². The van der Waals surface area contributed by atoms with Crippen molar-refractivity contribution in [3.8, 4) is 22.6 Å². The fraction of sp³-hybridized carbons (Fsp3) is 0.0909. The van der Waals surface area contributed by atoms with Gasteiger partial charge in [0, 0.05) is 11.1 Å². The molecule has 6 heteroatoms. The highest BCUT2D eigenvalue weighted by Crippen LogP contribution is 2.29. The largest absolute Gasteiger partial charge is 0.497 e. The number of ether oxygens (including phenoxy) is 2. The van der Waals surface area contributed by atoms with Crippen LogP contribution in [0.4, 0.5) is 0 Å². The molecule has 3 rings (SSSR count). The Bertz CT molecular complexity index is 940. The molecule has 0 fully saturated rings. The summed E-state index contributed by atoms with van der Waals surface area (Å²) in [7, 11) is 1.55. The molecule has 0 radical (unpaired) electrons. The van der Waals surface area contributed by atoms with Crippen molar-refractivity contribution in [1.29, 1.82) is 0 Å². The smallest absolute Gasteiger partial charge is 0.276 e. The highest BCUT2D eigenvalue weighted by molar-refractivity contribution is 5.95. The zero-order chi connectivity index (χ0) is 19.8. The first-order valence-electron chi connectivity index (χ1n) is 8.68. The second-order valence-electron chi connectivity index (χ2n) is 5.88. The minimum atomic E-state index is -0.468. The summed E-state index contributed by atoms with van der Waals surface area (Å²) in [4.78, 5) is 24.1. The quantitative estimate of drug-likeness (QED) is 0.648. The van der Waals surface area contributed by atoms with Gasteiger partial charge in [-0.25, -0.2) is 0 Å². The maximum Gasteiger partial charge on any atom is 0.276 e. The lowest BCUT2D eigenvalue weighted by Crippen LogP contribution is -2.43. The Morgan fingerprint density at radius 3 is 2.21 bits per heavy atom. The second kappa shape index (κ2) is 9.23. The summed E-state index contributed by atoms with van der Waals surface area (Å²) >= 11 is 0. The van der Waals surface area contributed by atoms with Crippen LogP contribution in [0.15, 0.2) is 78.9 Å². The van der Waals surface area contributed by atoms with Crippen LogP contribution >= 0.6 is 0 Å². The Labute approximate surface area is 163 Å². The van der Waals surface area contributed by atoms with E-state index in [9.17, 15) is 9.59 Å². The van der Waals surface area contributed by atoms with E-state index in [-0.39, 0.29) is 6.61 Å². The molecule has 0 aliphatic heterocycles. The van der Waals surface area contributed by atoms with E-state index in [0.717, 1.165) is 11.1 Å². The van der Waals surface area contributed by atoms with Crippen LogP contribution in [0, 0.1) is 0 Å². The van der Waals surface area contributed by atoms with Gasteiger partial charge in [0.15, 0.2) is 6.61 Å². The van der Waals surface area contributed by atoms with Gasteiger partial charge in [0.25, 0.3) is 11.8 Å². The van der Waals surface area contributed by atoms with Crippen LogP contribution in [-0.2, 0) is 4.79 Å². The fourth-order valence-electron chi connectivity index (χ4n) is 2.57. The second-order valence-corrected chi connectivity index (χ2v) is 5.88. The van der Waals surface area contributed by atoms with Gasteiger partial charge in [0.05, 0.1) is 7.11 Å². The molecule has 0 saturated heterocycles. The van der Waals surface area contributed by atoms with Gasteiger partial charge in [-0.05, 0) is 35.9 Å². The molecule has 0 spiro atoms. The number of rotatable bonds is 6. The summed E-state index contributed by atoms with van der Waals surface area (Å²) in [6.45, 7) is -0.229. The number of nitrogens with one attached hydrogen (secondary N) is 2. The van der Waals surface area contributed by atoms with Crippen molar-refractivity contribution < 1.29 is 19.1 Å². The van der Waals surface area contributed by atoms with E-state index < -0.39 is 11.8 Å². The van der Waals surface area contributed by atoms with Crippen LogP contribution in [0.3, 0.4) is 0 Å². The fourth-order valence-corrected chi connectivity index (χ4v) is 2.57. The minimum Gasteiger partial charge on any atom is -0.497 e. The summed E-state index contributed by atoms with van der Waals surface area (Å²) < 4.78 is 10.7. The van der Waals surface area contributed by atoms with Crippen molar-refractivity contribution in [2.24, 2.45) is 0 Å². The number of carbonyl (C=O) groups is 2. The molecule has 3 aromatic rings. The van der Waals surface area contributed by atoms with Gasteiger partial charge >= 0.3 is 0 Å². The third kappa shape index (κ3) is 4.88. The number of hydrogen-bond donors (Lipinski definition) is 2. The van der Waals surface area contributed by atoms with E-state index >= 15 is 0 Å². The average Bonchev–Trinajstić information content (AvgIpc) is 2.77. The van der Waals surface area contributed by atoms with Crippen LogP contribution in [-0.4, -0.2) is 25.5 Å². The van der Waals surface area contributed by atoms with E-state index in [4.69, 9.17) is 9.47 Å². The molecule has 0 aliphatic rings. The van der Waals surface area contributed by atoms with Crippen molar-refractivity contribution in [2.75, 3.05) is 13.7 Å². The Morgan fingerprint density at radius 2 is 1.50 bits per heavy atom. The van der Waals surface area contributed by atoms with Crippen molar-refractivity contribution in [1.82, 2.24) is 10.9 Å². The summed E-state index contributed by atoms with van der Waals surface area (Å²) in [6.07, 6.45) is 0. The lowest BCUT2D eigenvalue weighted by Gasteiger charge is -2.12. The third-order valence-corrected chi connectivity index (χ3v) is 4.00. The number of hydrazine groups is 1. The molecular formula is C22H20N2O4. The SMILES string of the molecule is COc1ccc(C(=O)NNC(=O)COc2ccccc2-c2ccccc2)cc1. The molecule has 28 heavy (non-hydrogen) atoms. The van der Waals surface area contributed by atoms with Crippen molar-refractivity contribution in [2.45, 2.75) is 0 Å². The Balaban J connectivity index is 1.54. The molecule has 0 heterocycles. The molecular weight excluding hydrogens is 356 g/mol. The van der Waals surface area contributed by atoms with E-state index in [1.807, 2.05) is 48.5 Å². The highest BCUT2D eigenvalue weighted by Gasteiger charge is 2.10. The third-order valence-electron chi connectivity index (χ3n) is 4.00. The molecule has 2 amide bonds. The molecule has 0 saturated carbocycles. The van der Waals surface area contributed by atoms with Gasteiger partial charge in [-0.3, -0.25) is 20.4 Å². The maximum atomic E-state index is 12.1. The number of carbonyl (C=O) groups excluding carboxylic acids is 2. The van der Waals surface area contributed by atoms with Gasteiger partial charge < -0.3 is 9.47 Å². The van der Waals surface area contributed by atoms with Gasteiger partial charge in [0.1, 0.15) is 11.5 Å². The minimum absolute atomic E-state index is 0.229. The monoisotopic (exact) mass is 376 g/mol. The lowest BCUT2D eigenvalue weighted by atomic mass is 10.1. The zero-order valence-corrected chi connectivity index (χ0v) is 15.3. The molecule has 142 valence electrons. The summed E-state index contributed by atoms with van der Waals surface area (Å²) in [5.41, 5.74) is 6.98. The summed E-state index contributed by atoms with van der Waals surface area (Å²) in [6, 6.07) is 23.8. The topological polar surface area (TPSA) is 76.7 Å². The summed E-state index contributed by atoms with van der Waals surface area (Å²) in [5.74, 6) is 0.335. The average molecular weight is 376 g/mol. The molecule has 2 N–H and O–H groups in total. The van der Waals surface area contributed by atoms with E-state index in [2.05, 4.69) is 10.9 Å². The number of para-hydroxylation sites is 1. The normalized spacial score (nSPS) is 10.0. The predicted octanol–water partition coefficient (Wildman–Crippen LogP) is 3.20. The highest BCUT2D eigenvalue weighted by atomic mass is 16.5. The van der Waals surface area contributed by atoms with Crippen LogP contribution < -0.4 is 20.3 Å². The van der Waals surface area contributed by atoms with Crippen molar-refractivity contribution in [3.05, 3.63) is 84.4 Å². The maximum absolute atomic E-state index is 12.1. The molecule has 3 aromatic carbocycles. The predicted molar refractivity (Wildman–Crippen MR) is 106 cm³/mol. The first kappa shape index (κ1) is 19.0. The summed E-state index contributed by atoms with van der Waals surface area (Å²) in [5, 5.41) is 0. The number of methoxy groups -OCH3 is 1. The first-order valence-corrected chi connectivity index (χ1v) is 8.68. The lowest BCUT2D eigenvalue weighted by molar-refractivity contribution is -0.123. The Hall–Kier alpha value is -3.80. The molecule has 0 atom stereocenters. The van der Waals surface area contributed by atoms with E-state index in [1.165, 1.54) is 0 Å². The Morgan fingerprint density at radius 1 is 0.821 bits per heavy atom. The van der Waals surface area contributed by atoms with Crippen molar-refractivity contribution >= 4 is 11.8 Å². The Kier molecular flexibility index (Phi) is 6.25. The molecule has 0 aromatic heterocycles. The first-order chi connectivity index (χ1) is 13.7. The standard InChI is InChI=1S/C22H20N2O4/c1-27-18-13-11-17(12-14-18)22(26)24-23-21(25)15-28-20-10-6-5-9-19(20)16-7-3-2-4-8-16/h2-14H,15H2,1H3,(H,23,25)(H,24,26). The van der Waals surface area contributed by atoms with E-state index in [1.54, 1.807) is 37.4 Å². The van der Waals surface area contributed by atoms with E-state index in [0.29, 0.717) is 17.1 Å². The van der Waals surface area contributed by atoms with Crippen LogP contribution in [0.5, 0.6) is 11.5 Å². The van der Waals surface area contributed by atoms with Crippen LogP contribution in [0.25, 0.3) is 11.1 Å². The molecule has 0 unspecified atom stereocenters. The number of benzene rings is 3. The zero-order valence-electron chi connectivity index (χ0n) is 15.3. The number of amides is 2. The van der Waals surface area contributed by atoms with Crippen LogP contribution in [0.1, 0.15) is 10.4 Å². The molecule has 6 nitrogen and oxygen atoms in total. The van der Waals surface area contributed by atoms with Crippen molar-refractivity contribution in [3.63, 3.8) is 0 Å². The molecule has 0 aliphatic carbocycles. The van der Waals surface area contributed by atoms with Gasteiger partial charge in [-0.2, -0.15) is 0 Å². The van der Waals surface area contributed by atoms with Gasteiger partial charge in [-0.1, -0.05) is 48.5 Å².